The van der Waals surface area contributed by atoms with Gasteiger partial charge in [0.15, 0.2) is 0 Å². The van der Waals surface area contributed by atoms with E-state index in [1.807, 2.05) is 0 Å². The van der Waals surface area contributed by atoms with Crippen molar-refractivity contribution in [1.82, 2.24) is 4.90 Å². The predicted octanol–water partition coefficient (Wildman–Crippen LogP) is 4.14. The van der Waals surface area contributed by atoms with Crippen molar-refractivity contribution in [3.8, 4) is 5.75 Å². The number of hydrogen-bond acceptors (Lipinski definition) is 4. The van der Waals surface area contributed by atoms with E-state index in [2.05, 4.69) is 38.4 Å². The molecule has 0 bridgehead atoms. The number of phenols is 1. The molecule has 0 atom stereocenters. The van der Waals surface area contributed by atoms with Gasteiger partial charge in [0.2, 0.25) is 0 Å². The number of phenolic OH excluding ortho intramolecular Hbond substituents is 1. The minimum absolute atomic E-state index is 0.0851. The Morgan fingerprint density at radius 3 is 2.45 bits per heavy atom. The number of carbonyl (C=O) groups is 2. The van der Waals surface area contributed by atoms with Gasteiger partial charge in [-0.25, -0.2) is 0 Å². The quantitative estimate of drug-likeness (QED) is 0.592. The van der Waals surface area contributed by atoms with Crippen LogP contribution in [0.1, 0.15) is 5.56 Å². The third-order valence-corrected chi connectivity index (χ3v) is 4.64. The summed E-state index contributed by atoms with van der Waals surface area (Å²) < 4.78 is 1.01. The molecule has 1 fully saturated rings. The maximum Gasteiger partial charge on any atom is 0.293 e. The van der Waals surface area contributed by atoms with Gasteiger partial charge in [0.1, 0.15) is 5.75 Å². The fourth-order valence-electron chi connectivity index (χ4n) is 1.61. The van der Waals surface area contributed by atoms with E-state index in [0.29, 0.717) is 19.4 Å². The van der Waals surface area contributed by atoms with E-state index in [0.717, 1.165) is 16.7 Å². The lowest BCUT2D eigenvalue weighted by Gasteiger charge is -2.07. The van der Waals surface area contributed by atoms with Gasteiger partial charge >= 0.3 is 0 Å². The monoisotopic (exact) mass is 417 g/mol. The Morgan fingerprint density at radius 1 is 1.30 bits per heavy atom. The molecule has 0 saturated carbocycles. The molecule has 1 saturated heterocycles. The molecule has 0 spiro atoms. The molecule has 4 nitrogen and oxygen atoms in total. The summed E-state index contributed by atoms with van der Waals surface area (Å²) in [5.74, 6) is -0.248. The highest BCUT2D eigenvalue weighted by molar-refractivity contribution is 9.11. The number of halogens is 2. The van der Waals surface area contributed by atoms with Crippen LogP contribution in [0.25, 0.3) is 6.08 Å². The highest BCUT2D eigenvalue weighted by atomic mass is 79.9. The van der Waals surface area contributed by atoms with Gasteiger partial charge in [0.05, 0.1) is 13.9 Å². The summed E-state index contributed by atoms with van der Waals surface area (Å²) in [6.07, 6.45) is 3.12. The van der Waals surface area contributed by atoms with Crippen LogP contribution >= 0.6 is 43.6 Å². The van der Waals surface area contributed by atoms with Crippen LogP contribution in [0.5, 0.6) is 5.75 Å². The lowest BCUT2D eigenvalue weighted by molar-refractivity contribution is -0.122. The minimum atomic E-state index is -0.333. The first-order chi connectivity index (χ1) is 9.43. The van der Waals surface area contributed by atoms with Crippen molar-refractivity contribution in [3.63, 3.8) is 0 Å². The zero-order valence-corrected chi connectivity index (χ0v) is 14.1. The van der Waals surface area contributed by atoms with Gasteiger partial charge in [-0.3, -0.25) is 14.5 Å². The van der Waals surface area contributed by atoms with Crippen LogP contribution < -0.4 is 0 Å². The molecule has 2 amide bonds. The SMILES string of the molecule is C=CCN1C(=O)S/C(=C/c2cc(Br)c(O)c(Br)c2)C1=O. The highest BCUT2D eigenvalue weighted by Crippen LogP contribution is 2.36. The fourth-order valence-corrected chi connectivity index (χ4v) is 3.68. The number of imide groups is 1. The second-order valence-electron chi connectivity index (χ2n) is 3.91. The Morgan fingerprint density at radius 2 is 1.90 bits per heavy atom. The third kappa shape index (κ3) is 2.99. The summed E-state index contributed by atoms with van der Waals surface area (Å²) in [6.45, 7) is 3.72. The van der Waals surface area contributed by atoms with Crippen LogP contribution in [0.2, 0.25) is 0 Å². The van der Waals surface area contributed by atoms with E-state index in [-0.39, 0.29) is 23.4 Å². The minimum Gasteiger partial charge on any atom is -0.506 e. The first-order valence-corrected chi connectivity index (χ1v) is 7.88. The molecular formula is C13H9Br2NO3S. The molecule has 1 heterocycles. The number of amides is 2. The lowest BCUT2D eigenvalue weighted by Crippen LogP contribution is -2.27. The van der Waals surface area contributed by atoms with Crippen molar-refractivity contribution >= 4 is 60.8 Å². The number of benzene rings is 1. The predicted molar refractivity (Wildman–Crippen MR) is 86.4 cm³/mol. The normalized spacial score (nSPS) is 17.1. The smallest absolute Gasteiger partial charge is 0.293 e. The summed E-state index contributed by atoms with van der Waals surface area (Å²) >= 11 is 7.33. The number of nitrogens with zero attached hydrogens (tertiary/aromatic N) is 1. The van der Waals surface area contributed by atoms with E-state index in [4.69, 9.17) is 0 Å². The Kier molecular flexibility index (Phi) is 4.72. The van der Waals surface area contributed by atoms with Gasteiger partial charge in [0.25, 0.3) is 11.1 Å². The molecule has 0 aliphatic carbocycles. The van der Waals surface area contributed by atoms with Crippen molar-refractivity contribution in [3.05, 3.63) is 44.2 Å². The first kappa shape index (κ1) is 15.3. The van der Waals surface area contributed by atoms with Crippen molar-refractivity contribution in [2.45, 2.75) is 0 Å². The van der Waals surface area contributed by atoms with Gasteiger partial charge in [-0.2, -0.15) is 0 Å². The van der Waals surface area contributed by atoms with Crippen LogP contribution in [0.3, 0.4) is 0 Å². The zero-order valence-electron chi connectivity index (χ0n) is 10.1. The number of aromatic hydroxyl groups is 1. The fraction of sp³-hybridized carbons (Fsp3) is 0.0769. The van der Waals surface area contributed by atoms with Crippen LogP contribution in [0, 0.1) is 0 Å². The maximum absolute atomic E-state index is 12.0. The summed E-state index contributed by atoms with van der Waals surface area (Å²) in [4.78, 5) is 25.2. The second-order valence-corrected chi connectivity index (χ2v) is 6.62. The standard InChI is InChI=1S/C13H9Br2NO3S/c1-2-3-16-12(18)10(20-13(16)19)6-7-4-8(14)11(17)9(15)5-7/h2,4-6,17H,1,3H2/b10-6+. The van der Waals surface area contributed by atoms with Crippen LogP contribution in [0.4, 0.5) is 4.79 Å². The molecule has 1 aromatic carbocycles. The highest BCUT2D eigenvalue weighted by Gasteiger charge is 2.34. The van der Waals surface area contributed by atoms with E-state index in [1.54, 1.807) is 18.2 Å². The second kappa shape index (κ2) is 6.15. The molecule has 20 heavy (non-hydrogen) atoms. The number of rotatable bonds is 3. The lowest BCUT2D eigenvalue weighted by atomic mass is 10.2. The first-order valence-electron chi connectivity index (χ1n) is 5.48. The average Bonchev–Trinajstić information content (AvgIpc) is 2.64. The van der Waals surface area contributed by atoms with Crippen LogP contribution in [-0.4, -0.2) is 27.7 Å². The van der Waals surface area contributed by atoms with Crippen molar-refractivity contribution in [1.29, 1.82) is 0 Å². The van der Waals surface area contributed by atoms with Crippen LogP contribution in [-0.2, 0) is 4.79 Å². The molecule has 0 unspecified atom stereocenters. The maximum atomic E-state index is 12.0. The summed E-state index contributed by atoms with van der Waals surface area (Å²) in [5.41, 5.74) is 0.700. The largest absolute Gasteiger partial charge is 0.506 e. The Balaban J connectivity index is 2.35. The van der Waals surface area contributed by atoms with Crippen molar-refractivity contribution < 1.29 is 14.7 Å². The number of thioether (sulfide) groups is 1. The molecule has 0 aromatic heterocycles. The van der Waals surface area contributed by atoms with Gasteiger partial charge < -0.3 is 5.11 Å². The van der Waals surface area contributed by atoms with Gasteiger partial charge in [-0.15, -0.1) is 6.58 Å². The van der Waals surface area contributed by atoms with E-state index in [9.17, 15) is 14.7 Å². The molecule has 104 valence electrons. The van der Waals surface area contributed by atoms with Gasteiger partial charge in [0, 0.05) is 6.54 Å². The summed E-state index contributed by atoms with van der Waals surface area (Å²) in [5, 5.41) is 9.33. The number of hydrogen-bond donors (Lipinski definition) is 1. The van der Waals surface area contributed by atoms with Gasteiger partial charge in [-0.05, 0) is 67.4 Å². The topological polar surface area (TPSA) is 57.6 Å². The van der Waals surface area contributed by atoms with Gasteiger partial charge in [-0.1, -0.05) is 6.08 Å². The van der Waals surface area contributed by atoms with E-state index >= 15 is 0 Å². The third-order valence-electron chi connectivity index (χ3n) is 2.52. The molecule has 1 aromatic rings. The molecule has 0 radical (unpaired) electrons. The molecular weight excluding hydrogens is 410 g/mol. The molecule has 7 heteroatoms. The summed E-state index contributed by atoms with van der Waals surface area (Å²) in [6, 6.07) is 3.34. The summed E-state index contributed by atoms with van der Waals surface area (Å²) in [7, 11) is 0. The molecule has 1 aliphatic rings. The Labute approximate surface area is 136 Å². The zero-order chi connectivity index (χ0) is 14.9. The Bertz CT molecular complexity index is 619. The molecule has 1 aliphatic heterocycles. The van der Waals surface area contributed by atoms with E-state index in [1.165, 1.54) is 6.08 Å². The Hall–Kier alpha value is -1.05. The average molecular weight is 419 g/mol. The van der Waals surface area contributed by atoms with Crippen molar-refractivity contribution in [2.75, 3.05) is 6.54 Å². The molecule has 2 rings (SSSR count). The van der Waals surface area contributed by atoms with E-state index < -0.39 is 0 Å². The number of carbonyl (C=O) groups excluding carboxylic acids is 2. The van der Waals surface area contributed by atoms with Crippen LogP contribution in [0.15, 0.2) is 38.6 Å². The molecule has 1 N–H and O–H groups in total. The van der Waals surface area contributed by atoms with Crippen molar-refractivity contribution in [2.24, 2.45) is 0 Å².